The number of pyridine rings is 1. The van der Waals surface area contributed by atoms with Gasteiger partial charge in [0.25, 0.3) is 0 Å². The summed E-state index contributed by atoms with van der Waals surface area (Å²) in [5.74, 6) is 1.20. The average Bonchev–Trinajstić information content (AvgIpc) is 3.62. The summed E-state index contributed by atoms with van der Waals surface area (Å²) in [6.07, 6.45) is 12.8. The van der Waals surface area contributed by atoms with E-state index >= 15 is 0 Å². The molecule has 4 aromatic rings. The fourth-order valence-corrected chi connectivity index (χ4v) is 5.85. The molecule has 1 aromatic carbocycles. The van der Waals surface area contributed by atoms with Gasteiger partial charge in [0.1, 0.15) is 23.5 Å². The molecule has 0 spiro atoms. The molecular formula is C26H27ClN6O3. The van der Waals surface area contributed by atoms with Gasteiger partial charge in [-0.2, -0.15) is 0 Å². The zero-order valence-electron chi connectivity index (χ0n) is 20.1. The van der Waals surface area contributed by atoms with E-state index in [1.807, 2.05) is 28.9 Å². The lowest BCUT2D eigenvalue weighted by Gasteiger charge is -2.39. The number of rotatable bonds is 5. The van der Waals surface area contributed by atoms with E-state index in [9.17, 15) is 4.79 Å². The molecule has 2 saturated heterocycles. The van der Waals surface area contributed by atoms with Crippen molar-refractivity contribution in [3.63, 3.8) is 0 Å². The van der Waals surface area contributed by atoms with Crippen LogP contribution in [0.5, 0.6) is 11.5 Å². The van der Waals surface area contributed by atoms with Crippen LogP contribution in [-0.4, -0.2) is 62.2 Å². The van der Waals surface area contributed by atoms with Crippen LogP contribution in [0.15, 0.2) is 55.4 Å². The maximum atomic E-state index is 12.9. The van der Waals surface area contributed by atoms with E-state index in [0.717, 1.165) is 48.3 Å². The number of piperidine rings is 1. The van der Waals surface area contributed by atoms with E-state index in [4.69, 9.17) is 26.1 Å². The molecule has 2 bridgehead atoms. The maximum absolute atomic E-state index is 12.9. The van der Waals surface area contributed by atoms with Crippen LogP contribution in [0.1, 0.15) is 25.7 Å². The van der Waals surface area contributed by atoms with Crippen LogP contribution in [0, 0.1) is 0 Å². The molecule has 6 rings (SSSR count). The number of nitrogens with zero attached hydrogens (tertiary/aromatic N) is 5. The predicted molar refractivity (Wildman–Crippen MR) is 137 cm³/mol. The third-order valence-electron chi connectivity index (χ3n) is 7.26. The number of aromatic nitrogens is 4. The molecule has 1 amide bonds. The highest BCUT2D eigenvalue weighted by atomic mass is 35.5. The zero-order chi connectivity index (χ0) is 24.8. The number of ether oxygens (including phenoxy) is 2. The first-order valence-corrected chi connectivity index (χ1v) is 12.4. The molecule has 2 aliphatic rings. The number of halogens is 1. The molecule has 186 valence electrons. The van der Waals surface area contributed by atoms with E-state index in [-0.39, 0.29) is 18.1 Å². The first-order chi connectivity index (χ1) is 17.5. The lowest BCUT2D eigenvalue weighted by Crippen LogP contribution is -2.50. The van der Waals surface area contributed by atoms with Crippen molar-refractivity contribution in [1.29, 1.82) is 0 Å². The molecule has 10 heteroatoms. The maximum Gasteiger partial charge on any atom is 0.329 e. The molecule has 0 aliphatic carbocycles. The fourth-order valence-electron chi connectivity index (χ4n) is 5.61. The highest BCUT2D eigenvalue weighted by Gasteiger charge is 2.43. The summed E-state index contributed by atoms with van der Waals surface area (Å²) >= 11 is 6.37. The third-order valence-corrected chi connectivity index (χ3v) is 7.56. The molecule has 3 aromatic heterocycles. The van der Waals surface area contributed by atoms with Gasteiger partial charge in [0.15, 0.2) is 0 Å². The van der Waals surface area contributed by atoms with E-state index in [2.05, 4.69) is 21.3 Å². The number of nitrogens with one attached hydrogen (secondary N) is 1. The van der Waals surface area contributed by atoms with Crippen molar-refractivity contribution in [1.82, 2.24) is 23.8 Å². The Morgan fingerprint density at radius 1 is 1.08 bits per heavy atom. The summed E-state index contributed by atoms with van der Waals surface area (Å²) in [5.41, 5.74) is 3.39. The Balaban J connectivity index is 1.20. The number of fused-ring (bicyclic) bond motifs is 3. The number of hydrogen-bond acceptors (Lipinski definition) is 6. The smallest absolute Gasteiger partial charge is 0.329 e. The molecule has 3 atom stereocenters. The molecule has 1 N–H and O–H groups in total. The second-order valence-corrected chi connectivity index (χ2v) is 9.76. The van der Waals surface area contributed by atoms with E-state index < -0.39 is 0 Å². The van der Waals surface area contributed by atoms with Gasteiger partial charge in [-0.05, 0) is 37.8 Å². The van der Waals surface area contributed by atoms with Crippen molar-refractivity contribution < 1.29 is 14.3 Å². The second-order valence-electron chi connectivity index (χ2n) is 9.35. The lowest BCUT2D eigenvalue weighted by molar-refractivity contribution is 0.143. The average molecular weight is 507 g/mol. The van der Waals surface area contributed by atoms with Crippen LogP contribution in [-0.2, 0) is 0 Å². The Morgan fingerprint density at radius 2 is 1.86 bits per heavy atom. The van der Waals surface area contributed by atoms with Gasteiger partial charge in [-0.25, -0.2) is 14.8 Å². The molecule has 9 nitrogen and oxygen atoms in total. The highest BCUT2D eigenvalue weighted by molar-refractivity contribution is 6.32. The quantitative estimate of drug-likeness (QED) is 0.412. The number of amides is 1. The first kappa shape index (κ1) is 22.7. The summed E-state index contributed by atoms with van der Waals surface area (Å²) < 4.78 is 14.4. The number of benzene rings is 1. The molecule has 0 radical (unpaired) electrons. The van der Waals surface area contributed by atoms with Crippen molar-refractivity contribution >= 4 is 29.0 Å². The number of hydrogen-bond donors (Lipinski definition) is 1. The normalized spacial score (nSPS) is 21.1. The number of imidazole rings is 2. The van der Waals surface area contributed by atoms with Crippen molar-refractivity contribution in [2.24, 2.45) is 0 Å². The van der Waals surface area contributed by atoms with Crippen molar-refractivity contribution in [3.8, 4) is 22.8 Å². The Morgan fingerprint density at radius 3 is 2.56 bits per heavy atom. The largest absolute Gasteiger partial charge is 0.496 e. The number of carbonyl (C=O) groups excluding carboxylic acids is 1. The lowest BCUT2D eigenvalue weighted by atomic mass is 9.97. The Bertz CT molecular complexity index is 1400. The zero-order valence-corrected chi connectivity index (χ0v) is 20.9. The van der Waals surface area contributed by atoms with Gasteiger partial charge < -0.3 is 24.1 Å². The molecule has 1 unspecified atom stereocenters. The minimum Gasteiger partial charge on any atom is -0.496 e. The summed E-state index contributed by atoms with van der Waals surface area (Å²) in [5, 5.41) is 4.19. The molecule has 36 heavy (non-hydrogen) atoms. The summed E-state index contributed by atoms with van der Waals surface area (Å²) in [6, 6.07) is 8.50. The van der Waals surface area contributed by atoms with Crippen molar-refractivity contribution in [3.05, 3.63) is 60.4 Å². The van der Waals surface area contributed by atoms with Gasteiger partial charge >= 0.3 is 6.03 Å². The molecule has 2 fully saturated rings. The summed E-state index contributed by atoms with van der Waals surface area (Å²) in [4.78, 5) is 23.9. The van der Waals surface area contributed by atoms with Gasteiger partial charge in [-0.15, -0.1) is 0 Å². The van der Waals surface area contributed by atoms with Gasteiger partial charge in [0.2, 0.25) is 0 Å². The van der Waals surface area contributed by atoms with E-state index in [1.165, 1.54) is 0 Å². The standard InChI is InChI=1S/C26H27ClN6O3/c1-35-23-13-24(36-2)21(27)12-20(23)22-14-31-7-5-16(11-25(31)30-22)29-17-9-18-3-4-19(10-17)33(18)26(34)32-8-6-28-15-32/h5-8,11-15,17-19,29H,3-4,9-10H2,1-2H3/t17?,18-,19+. The Kier molecular flexibility index (Phi) is 5.72. The van der Waals surface area contributed by atoms with E-state index in [0.29, 0.717) is 22.6 Å². The topological polar surface area (TPSA) is 85.9 Å². The van der Waals surface area contributed by atoms with Crippen molar-refractivity contribution in [2.45, 2.75) is 43.8 Å². The number of anilines is 1. The van der Waals surface area contributed by atoms with Gasteiger partial charge in [0, 0.05) is 66.3 Å². The van der Waals surface area contributed by atoms with Gasteiger partial charge in [0.05, 0.1) is 24.9 Å². The minimum absolute atomic E-state index is 0.0267. The molecular weight excluding hydrogens is 480 g/mol. The van der Waals surface area contributed by atoms with Crippen LogP contribution in [0.25, 0.3) is 16.9 Å². The van der Waals surface area contributed by atoms with E-state index in [1.54, 1.807) is 43.6 Å². The summed E-state index contributed by atoms with van der Waals surface area (Å²) in [7, 11) is 3.19. The first-order valence-electron chi connectivity index (χ1n) is 12.0. The Hall–Kier alpha value is -3.72. The van der Waals surface area contributed by atoms with Crippen LogP contribution < -0.4 is 14.8 Å². The highest BCUT2D eigenvalue weighted by Crippen LogP contribution is 2.39. The minimum atomic E-state index is 0.0267. The predicted octanol–water partition coefficient (Wildman–Crippen LogP) is 4.94. The van der Waals surface area contributed by atoms with Crippen LogP contribution in [0.3, 0.4) is 0 Å². The van der Waals surface area contributed by atoms with Crippen LogP contribution in [0.2, 0.25) is 5.02 Å². The van der Waals surface area contributed by atoms with Crippen molar-refractivity contribution in [2.75, 3.05) is 19.5 Å². The monoisotopic (exact) mass is 506 g/mol. The van der Waals surface area contributed by atoms with Gasteiger partial charge in [-0.3, -0.25) is 4.57 Å². The number of carbonyl (C=O) groups is 1. The SMILES string of the molecule is COc1cc(OC)c(-c2cn3ccc(NC4C[C@H]5CC[C@@H](C4)N5C(=O)n4ccnc4)cc3n2)cc1Cl. The van der Waals surface area contributed by atoms with Crippen LogP contribution >= 0.6 is 11.6 Å². The van der Waals surface area contributed by atoms with Gasteiger partial charge in [-0.1, -0.05) is 11.6 Å². The Labute approximate surface area is 213 Å². The number of methoxy groups -OCH3 is 2. The molecule has 5 heterocycles. The fraction of sp³-hybridized carbons (Fsp3) is 0.346. The second kappa shape index (κ2) is 9.05. The molecule has 0 saturated carbocycles. The molecule has 2 aliphatic heterocycles. The van der Waals surface area contributed by atoms with Crippen LogP contribution in [0.4, 0.5) is 10.5 Å². The summed E-state index contributed by atoms with van der Waals surface area (Å²) in [6.45, 7) is 0. The third kappa shape index (κ3) is 3.93.